The van der Waals surface area contributed by atoms with Gasteiger partial charge in [0.15, 0.2) is 6.21 Å². The standard InChI is InChI=1S/C13H15N3O3S2/c1-13(2)11(14(3)12(20)21-13)15(17)8-9-5-4-6-10(7-9)16(18)19/h4-8,11H,1-3H3. The van der Waals surface area contributed by atoms with Crippen molar-refractivity contribution < 1.29 is 9.66 Å². The Morgan fingerprint density at radius 3 is 2.62 bits per heavy atom. The molecule has 6 nitrogen and oxygen atoms in total. The van der Waals surface area contributed by atoms with Crippen molar-refractivity contribution in [1.82, 2.24) is 4.90 Å². The quantitative estimate of drug-likeness (QED) is 0.212. The first-order valence-corrected chi connectivity index (χ1v) is 7.45. The normalized spacial score (nSPS) is 21.7. The molecule has 1 unspecified atom stereocenters. The zero-order chi connectivity index (χ0) is 15.8. The molecule has 1 aliphatic rings. The van der Waals surface area contributed by atoms with Crippen LogP contribution in [0.3, 0.4) is 0 Å². The van der Waals surface area contributed by atoms with Crippen LogP contribution in [-0.2, 0) is 0 Å². The third-order valence-corrected chi connectivity index (χ3v) is 4.96. The Morgan fingerprint density at radius 2 is 2.10 bits per heavy atom. The van der Waals surface area contributed by atoms with Gasteiger partial charge in [0, 0.05) is 24.7 Å². The van der Waals surface area contributed by atoms with Gasteiger partial charge in [-0.3, -0.25) is 10.1 Å². The summed E-state index contributed by atoms with van der Waals surface area (Å²) >= 11 is 6.70. The van der Waals surface area contributed by atoms with E-state index in [1.807, 2.05) is 13.8 Å². The number of benzene rings is 1. The van der Waals surface area contributed by atoms with Crippen molar-refractivity contribution in [3.8, 4) is 0 Å². The minimum absolute atomic E-state index is 0.0407. The Kier molecular flexibility index (Phi) is 4.20. The summed E-state index contributed by atoms with van der Waals surface area (Å²) in [6.07, 6.45) is 0.916. The first-order valence-electron chi connectivity index (χ1n) is 6.23. The molecule has 0 spiro atoms. The number of nitro groups is 1. The molecule has 1 heterocycles. The Balaban J connectivity index is 2.35. The summed E-state index contributed by atoms with van der Waals surface area (Å²) in [5.41, 5.74) is 0.451. The third-order valence-electron chi connectivity index (χ3n) is 3.23. The van der Waals surface area contributed by atoms with Crippen molar-refractivity contribution in [1.29, 1.82) is 0 Å². The highest BCUT2D eigenvalue weighted by Crippen LogP contribution is 2.40. The van der Waals surface area contributed by atoms with Gasteiger partial charge >= 0.3 is 0 Å². The van der Waals surface area contributed by atoms with Gasteiger partial charge < -0.3 is 10.1 Å². The summed E-state index contributed by atoms with van der Waals surface area (Å²) in [5.74, 6) is 0. The summed E-state index contributed by atoms with van der Waals surface area (Å²) < 4.78 is 1.12. The molecule has 1 saturated heterocycles. The lowest BCUT2D eigenvalue weighted by molar-refractivity contribution is -0.522. The lowest BCUT2D eigenvalue weighted by Crippen LogP contribution is -2.46. The Morgan fingerprint density at radius 1 is 1.43 bits per heavy atom. The lowest BCUT2D eigenvalue weighted by Gasteiger charge is -2.27. The number of nitro benzene ring substituents is 1. The van der Waals surface area contributed by atoms with Gasteiger partial charge in [0.2, 0.25) is 0 Å². The molecule has 2 rings (SSSR count). The molecule has 0 N–H and O–H groups in total. The van der Waals surface area contributed by atoms with E-state index in [0.717, 1.165) is 4.74 Å². The van der Waals surface area contributed by atoms with Crippen LogP contribution in [-0.4, -0.2) is 43.1 Å². The monoisotopic (exact) mass is 325 g/mol. The molecular weight excluding hydrogens is 310 g/mol. The average molecular weight is 325 g/mol. The first-order chi connectivity index (χ1) is 9.72. The van der Waals surface area contributed by atoms with E-state index < -0.39 is 11.1 Å². The molecule has 1 aromatic rings. The molecule has 0 amide bonds. The molecule has 0 saturated carbocycles. The summed E-state index contributed by atoms with van der Waals surface area (Å²) in [5, 5.41) is 23.2. The highest BCUT2D eigenvalue weighted by Gasteiger charge is 2.48. The lowest BCUT2D eigenvalue weighted by atomic mass is 10.1. The number of hydrogen-bond acceptors (Lipinski definition) is 5. The molecule has 21 heavy (non-hydrogen) atoms. The van der Waals surface area contributed by atoms with Crippen LogP contribution in [0, 0.1) is 15.3 Å². The van der Waals surface area contributed by atoms with Gasteiger partial charge in [0.05, 0.1) is 4.92 Å². The fourth-order valence-electron chi connectivity index (χ4n) is 2.33. The number of thioether (sulfide) groups is 1. The smallest absolute Gasteiger partial charge is 0.270 e. The second-order valence-electron chi connectivity index (χ2n) is 5.30. The molecule has 0 aromatic heterocycles. The molecule has 1 aromatic carbocycles. The van der Waals surface area contributed by atoms with Crippen LogP contribution in [0.1, 0.15) is 19.4 Å². The molecule has 112 valence electrons. The molecule has 1 atom stereocenters. The minimum atomic E-state index is -0.483. The van der Waals surface area contributed by atoms with Crippen LogP contribution >= 0.6 is 24.0 Å². The van der Waals surface area contributed by atoms with E-state index in [2.05, 4.69) is 0 Å². The van der Waals surface area contributed by atoms with Crippen molar-refractivity contribution in [2.75, 3.05) is 7.05 Å². The second kappa shape index (κ2) is 5.61. The fraction of sp³-hybridized carbons (Fsp3) is 0.385. The van der Waals surface area contributed by atoms with Gasteiger partial charge in [-0.2, -0.15) is 4.74 Å². The SMILES string of the molecule is CN1C(=S)SC(C)(C)C1[N+]([O-])=Cc1cccc([N+](=O)[O-])c1. The average Bonchev–Trinajstić information content (AvgIpc) is 2.58. The molecule has 1 aliphatic heterocycles. The van der Waals surface area contributed by atoms with E-state index in [9.17, 15) is 15.3 Å². The Hall–Kier alpha value is -1.67. The molecular formula is C13H15N3O3S2. The summed E-state index contributed by atoms with van der Waals surface area (Å²) in [4.78, 5) is 12.0. The largest absolute Gasteiger partial charge is 0.622 e. The highest BCUT2D eigenvalue weighted by atomic mass is 32.2. The molecule has 1 fully saturated rings. The number of nitrogens with zero attached hydrogens (tertiary/aromatic N) is 3. The van der Waals surface area contributed by atoms with Gasteiger partial charge in [-0.1, -0.05) is 30.0 Å². The third kappa shape index (κ3) is 3.16. The van der Waals surface area contributed by atoms with Crippen molar-refractivity contribution in [3.63, 3.8) is 0 Å². The first kappa shape index (κ1) is 15.7. The summed E-state index contributed by atoms with van der Waals surface area (Å²) in [6, 6.07) is 5.98. The van der Waals surface area contributed by atoms with E-state index in [-0.39, 0.29) is 10.4 Å². The number of hydrogen-bond donors (Lipinski definition) is 0. The predicted molar refractivity (Wildman–Crippen MR) is 87.7 cm³/mol. The molecule has 0 bridgehead atoms. The van der Waals surface area contributed by atoms with Crippen molar-refractivity contribution in [2.24, 2.45) is 0 Å². The van der Waals surface area contributed by atoms with E-state index in [0.29, 0.717) is 9.88 Å². The predicted octanol–water partition coefficient (Wildman–Crippen LogP) is 2.59. The van der Waals surface area contributed by atoms with Gasteiger partial charge in [0.1, 0.15) is 9.07 Å². The van der Waals surface area contributed by atoms with Crippen molar-refractivity contribution in [2.45, 2.75) is 24.8 Å². The minimum Gasteiger partial charge on any atom is -0.622 e. The van der Waals surface area contributed by atoms with E-state index in [1.54, 1.807) is 24.1 Å². The van der Waals surface area contributed by atoms with Crippen LogP contribution < -0.4 is 0 Å². The zero-order valence-corrected chi connectivity index (χ0v) is 13.5. The maximum Gasteiger partial charge on any atom is 0.270 e. The van der Waals surface area contributed by atoms with Gasteiger partial charge in [-0.05, 0) is 19.9 Å². The summed E-state index contributed by atoms with van der Waals surface area (Å²) in [7, 11) is 1.78. The van der Waals surface area contributed by atoms with Crippen molar-refractivity contribution >= 4 is 40.2 Å². The maximum atomic E-state index is 12.4. The van der Waals surface area contributed by atoms with Crippen LogP contribution in [0.5, 0.6) is 0 Å². The van der Waals surface area contributed by atoms with Gasteiger partial charge in [-0.15, -0.1) is 0 Å². The molecule has 8 heteroatoms. The van der Waals surface area contributed by atoms with E-state index in [4.69, 9.17) is 12.2 Å². The van der Waals surface area contributed by atoms with Crippen LogP contribution in [0.25, 0.3) is 0 Å². The number of hydroxylamine groups is 1. The van der Waals surface area contributed by atoms with Crippen molar-refractivity contribution in [3.05, 3.63) is 45.2 Å². The van der Waals surface area contributed by atoms with Crippen LogP contribution in [0.4, 0.5) is 5.69 Å². The van der Waals surface area contributed by atoms with E-state index in [1.165, 1.54) is 30.1 Å². The highest BCUT2D eigenvalue weighted by molar-refractivity contribution is 8.24. The number of thiocarbonyl (C=S) groups is 1. The zero-order valence-electron chi connectivity index (χ0n) is 11.8. The second-order valence-corrected chi connectivity index (χ2v) is 7.59. The van der Waals surface area contributed by atoms with Crippen LogP contribution in [0.2, 0.25) is 0 Å². The maximum absolute atomic E-state index is 12.4. The van der Waals surface area contributed by atoms with Crippen LogP contribution in [0.15, 0.2) is 24.3 Å². The number of rotatable bonds is 3. The Labute approximate surface area is 132 Å². The van der Waals surface area contributed by atoms with E-state index >= 15 is 0 Å². The number of non-ortho nitro benzene ring substituents is 1. The van der Waals surface area contributed by atoms with Gasteiger partial charge in [-0.25, -0.2) is 0 Å². The molecule has 0 radical (unpaired) electrons. The topological polar surface area (TPSA) is 72.5 Å². The summed E-state index contributed by atoms with van der Waals surface area (Å²) in [6.45, 7) is 3.90. The van der Waals surface area contributed by atoms with Gasteiger partial charge in [0.25, 0.3) is 11.9 Å². The fourth-order valence-corrected chi connectivity index (χ4v) is 4.13. The Bertz CT molecular complexity index is 631. The molecule has 0 aliphatic carbocycles.